The van der Waals surface area contributed by atoms with Gasteiger partial charge in [-0.05, 0) is 18.4 Å². The molecule has 10 nitrogen and oxygen atoms in total. The van der Waals surface area contributed by atoms with Crippen LogP contribution in [0.25, 0.3) is 11.2 Å². The number of imidazole rings is 1. The molecule has 3 aromatic rings. The summed E-state index contributed by atoms with van der Waals surface area (Å²) in [5, 5.41) is 33.4. The molecule has 0 spiro atoms. The summed E-state index contributed by atoms with van der Waals surface area (Å²) in [6.07, 6.45) is 2.98. The maximum absolute atomic E-state index is 10.4. The van der Waals surface area contributed by atoms with E-state index in [0.717, 1.165) is 31.2 Å². The zero-order valence-electron chi connectivity index (χ0n) is 18.2. The number of hydrogen-bond donors (Lipinski definition) is 4. The van der Waals surface area contributed by atoms with Crippen LogP contribution in [0.5, 0.6) is 0 Å². The first-order valence-electron chi connectivity index (χ1n) is 11.4. The van der Waals surface area contributed by atoms with Crippen molar-refractivity contribution < 1.29 is 24.8 Å². The van der Waals surface area contributed by atoms with Crippen LogP contribution < -0.4 is 5.32 Å². The van der Waals surface area contributed by atoms with Crippen LogP contribution in [0.3, 0.4) is 0 Å². The first-order chi connectivity index (χ1) is 16.2. The van der Waals surface area contributed by atoms with E-state index < -0.39 is 31.1 Å². The molecular formula is C23H29N5O5. The fourth-order valence-corrected chi connectivity index (χ4v) is 4.67. The maximum Gasteiger partial charge on any atom is 0.167 e. The minimum absolute atomic E-state index is 0.0477. The molecule has 2 aliphatic rings. The summed E-state index contributed by atoms with van der Waals surface area (Å²) in [5.74, 6) is 0.589. The molecule has 33 heavy (non-hydrogen) atoms. The minimum atomic E-state index is -1.21. The third-order valence-electron chi connectivity index (χ3n) is 6.48. The fraction of sp³-hybridized carbons (Fsp3) is 0.522. The minimum Gasteiger partial charge on any atom is -0.394 e. The molecule has 1 aliphatic carbocycles. The van der Waals surface area contributed by atoms with E-state index in [4.69, 9.17) is 9.47 Å². The molecule has 1 saturated carbocycles. The second-order valence-corrected chi connectivity index (χ2v) is 8.65. The molecule has 3 heterocycles. The standard InChI is InChI=1S/C23H29N5O5/c29-10-17-19(30)20(31)23(33-17)28-13-26-18-21(24-12-25-22(18)28)27-15-8-4-5-9-16(15)32-11-14-6-2-1-3-7-14/h1-3,6-7,12-13,15-17,19-20,23,29-31H,4-5,8-11H2,(H,24,25,27)/t15?,16?,17-,19?,20?,23-/m1/s1. The van der Waals surface area contributed by atoms with Gasteiger partial charge in [-0.3, -0.25) is 4.57 Å². The zero-order chi connectivity index (χ0) is 22.8. The number of aliphatic hydroxyl groups is 3. The largest absolute Gasteiger partial charge is 0.394 e. The topological polar surface area (TPSA) is 135 Å². The Balaban J connectivity index is 1.34. The van der Waals surface area contributed by atoms with Crippen LogP contribution in [0.4, 0.5) is 5.82 Å². The number of nitrogens with zero attached hydrogens (tertiary/aromatic N) is 4. The van der Waals surface area contributed by atoms with Gasteiger partial charge in [0.05, 0.1) is 31.7 Å². The normalized spacial score (nSPS) is 30.0. The first kappa shape index (κ1) is 22.2. The molecule has 2 fully saturated rings. The Kier molecular flexibility index (Phi) is 6.52. The van der Waals surface area contributed by atoms with Gasteiger partial charge in [0.15, 0.2) is 23.2 Å². The van der Waals surface area contributed by atoms with Crippen LogP contribution in [0.2, 0.25) is 0 Å². The number of aromatic nitrogens is 4. The van der Waals surface area contributed by atoms with Crippen molar-refractivity contribution in [3.8, 4) is 0 Å². The number of anilines is 1. The van der Waals surface area contributed by atoms with Gasteiger partial charge in [-0.25, -0.2) is 15.0 Å². The average molecular weight is 456 g/mol. The van der Waals surface area contributed by atoms with Gasteiger partial charge in [0.1, 0.15) is 24.6 Å². The van der Waals surface area contributed by atoms with Crippen molar-refractivity contribution in [1.82, 2.24) is 19.5 Å². The van der Waals surface area contributed by atoms with E-state index in [1.54, 1.807) is 4.57 Å². The lowest BCUT2D eigenvalue weighted by molar-refractivity contribution is -0.0511. The van der Waals surface area contributed by atoms with E-state index in [2.05, 4.69) is 32.4 Å². The Morgan fingerprint density at radius 3 is 2.67 bits per heavy atom. The fourth-order valence-electron chi connectivity index (χ4n) is 4.67. The molecule has 1 aromatic carbocycles. The average Bonchev–Trinajstić information content (AvgIpc) is 3.40. The van der Waals surface area contributed by atoms with Gasteiger partial charge in [0, 0.05) is 0 Å². The number of ether oxygens (including phenoxy) is 2. The highest BCUT2D eigenvalue weighted by atomic mass is 16.6. The molecule has 6 atom stereocenters. The van der Waals surface area contributed by atoms with Crippen molar-refractivity contribution in [3.63, 3.8) is 0 Å². The number of aliphatic hydroxyl groups excluding tert-OH is 3. The van der Waals surface area contributed by atoms with Crippen LogP contribution in [0.15, 0.2) is 43.0 Å². The Hall–Kier alpha value is -2.63. The monoisotopic (exact) mass is 455 g/mol. The quantitative estimate of drug-likeness (QED) is 0.417. The lowest BCUT2D eigenvalue weighted by Crippen LogP contribution is -2.38. The SMILES string of the molecule is OC[C@H]1O[C@@H](n2cnc3c(NC4CCCCC4OCc4ccccc4)ncnc32)C(O)C1O. The van der Waals surface area contributed by atoms with E-state index in [0.29, 0.717) is 23.6 Å². The molecule has 176 valence electrons. The third-order valence-corrected chi connectivity index (χ3v) is 6.48. The molecule has 0 amide bonds. The zero-order valence-corrected chi connectivity index (χ0v) is 18.2. The highest BCUT2D eigenvalue weighted by molar-refractivity contribution is 5.82. The molecule has 4 N–H and O–H groups in total. The van der Waals surface area contributed by atoms with Gasteiger partial charge in [-0.15, -0.1) is 0 Å². The van der Waals surface area contributed by atoms with E-state index in [9.17, 15) is 15.3 Å². The summed E-state index contributed by atoms with van der Waals surface area (Å²) in [7, 11) is 0. The highest BCUT2D eigenvalue weighted by Crippen LogP contribution is 2.33. The van der Waals surface area contributed by atoms with Crippen molar-refractivity contribution in [2.75, 3.05) is 11.9 Å². The summed E-state index contributed by atoms with van der Waals surface area (Å²) in [4.78, 5) is 13.2. The van der Waals surface area contributed by atoms with Crippen LogP contribution in [-0.4, -0.2) is 71.9 Å². The van der Waals surface area contributed by atoms with Crippen LogP contribution in [0, 0.1) is 0 Å². The number of benzene rings is 1. The van der Waals surface area contributed by atoms with Crippen molar-refractivity contribution in [3.05, 3.63) is 48.5 Å². The second-order valence-electron chi connectivity index (χ2n) is 8.65. The highest BCUT2D eigenvalue weighted by Gasteiger charge is 2.44. The Labute approximate surface area is 191 Å². The van der Waals surface area contributed by atoms with Gasteiger partial charge in [0.25, 0.3) is 0 Å². The summed E-state index contributed by atoms with van der Waals surface area (Å²) < 4.78 is 13.5. The molecular weight excluding hydrogens is 426 g/mol. The lowest BCUT2D eigenvalue weighted by Gasteiger charge is -2.32. The van der Waals surface area contributed by atoms with Crippen molar-refractivity contribution in [1.29, 1.82) is 0 Å². The molecule has 0 bridgehead atoms. The van der Waals surface area contributed by atoms with Crippen molar-refractivity contribution >= 4 is 17.0 Å². The van der Waals surface area contributed by atoms with Crippen molar-refractivity contribution in [2.24, 2.45) is 0 Å². The molecule has 1 saturated heterocycles. The van der Waals surface area contributed by atoms with Gasteiger partial charge >= 0.3 is 0 Å². The van der Waals surface area contributed by atoms with Gasteiger partial charge in [0.2, 0.25) is 0 Å². The number of fused-ring (bicyclic) bond motifs is 1. The van der Waals surface area contributed by atoms with Crippen LogP contribution in [0.1, 0.15) is 37.5 Å². The molecule has 4 unspecified atom stereocenters. The lowest BCUT2D eigenvalue weighted by atomic mass is 9.92. The van der Waals surface area contributed by atoms with Gasteiger partial charge in [-0.1, -0.05) is 43.2 Å². The Morgan fingerprint density at radius 2 is 1.88 bits per heavy atom. The molecule has 1 aliphatic heterocycles. The van der Waals surface area contributed by atoms with Gasteiger partial charge < -0.3 is 30.1 Å². The van der Waals surface area contributed by atoms with Crippen LogP contribution in [-0.2, 0) is 16.1 Å². The second kappa shape index (κ2) is 9.70. The summed E-state index contributed by atoms with van der Waals surface area (Å²) in [6, 6.07) is 10.2. The Morgan fingerprint density at radius 1 is 1.06 bits per heavy atom. The van der Waals surface area contributed by atoms with E-state index in [1.165, 1.54) is 12.7 Å². The number of rotatable bonds is 7. The summed E-state index contributed by atoms with van der Waals surface area (Å²) >= 11 is 0. The van der Waals surface area contributed by atoms with Gasteiger partial charge in [-0.2, -0.15) is 0 Å². The van der Waals surface area contributed by atoms with E-state index >= 15 is 0 Å². The third kappa shape index (κ3) is 4.44. The van der Waals surface area contributed by atoms with Crippen molar-refractivity contribution in [2.45, 2.75) is 69.0 Å². The first-order valence-corrected chi connectivity index (χ1v) is 11.4. The molecule has 10 heteroatoms. The molecule has 2 aromatic heterocycles. The maximum atomic E-state index is 10.4. The predicted octanol–water partition coefficient (Wildman–Crippen LogP) is 1.38. The number of nitrogens with one attached hydrogen (secondary N) is 1. The van der Waals surface area contributed by atoms with Crippen LogP contribution >= 0.6 is 0 Å². The summed E-state index contributed by atoms with van der Waals surface area (Å²) in [5.41, 5.74) is 2.16. The Bertz CT molecular complexity index is 1060. The summed E-state index contributed by atoms with van der Waals surface area (Å²) in [6.45, 7) is 0.165. The molecule has 5 rings (SSSR count). The predicted molar refractivity (Wildman–Crippen MR) is 119 cm³/mol. The molecule has 0 radical (unpaired) electrons. The number of hydrogen-bond acceptors (Lipinski definition) is 9. The smallest absolute Gasteiger partial charge is 0.167 e. The van der Waals surface area contributed by atoms with E-state index in [1.807, 2.05) is 18.2 Å². The van der Waals surface area contributed by atoms with E-state index in [-0.39, 0.29) is 12.1 Å².